The van der Waals surface area contributed by atoms with Crippen LogP contribution >= 0.6 is 0 Å². The number of benzene rings is 1. The van der Waals surface area contributed by atoms with Crippen molar-refractivity contribution in [3.63, 3.8) is 0 Å². The molecular weight excluding hydrogens is 247 g/mol. The molecule has 1 rings (SSSR count). The molecule has 3 N–H and O–H groups in total. The fraction of sp³-hybridized carbons (Fsp3) is 0.417. The molecule has 18 heavy (non-hydrogen) atoms. The van der Waals surface area contributed by atoms with Gasteiger partial charge in [-0.2, -0.15) is 13.2 Å². The summed E-state index contributed by atoms with van der Waals surface area (Å²) in [6.07, 6.45) is -4.45. The maximum atomic E-state index is 12.5. The van der Waals surface area contributed by atoms with Crippen molar-refractivity contribution in [1.82, 2.24) is 0 Å². The minimum absolute atomic E-state index is 0.247. The van der Waals surface area contributed by atoms with Gasteiger partial charge in [0, 0.05) is 5.92 Å². The molecule has 100 valence electrons. The highest BCUT2D eigenvalue weighted by molar-refractivity contribution is 5.79. The van der Waals surface area contributed by atoms with E-state index in [9.17, 15) is 18.0 Å². The largest absolute Gasteiger partial charge is 0.480 e. The van der Waals surface area contributed by atoms with Crippen LogP contribution in [0.25, 0.3) is 0 Å². The van der Waals surface area contributed by atoms with E-state index in [2.05, 4.69) is 0 Å². The van der Waals surface area contributed by atoms with Crippen LogP contribution in [0.15, 0.2) is 24.3 Å². The average Bonchev–Trinajstić information content (AvgIpc) is 2.26. The van der Waals surface area contributed by atoms with E-state index in [-0.39, 0.29) is 5.56 Å². The van der Waals surface area contributed by atoms with E-state index in [1.165, 1.54) is 26.0 Å². The summed E-state index contributed by atoms with van der Waals surface area (Å²) in [5.41, 5.74) is 3.43. The van der Waals surface area contributed by atoms with Crippen molar-refractivity contribution >= 4 is 5.97 Å². The third kappa shape index (κ3) is 2.81. The number of carboxylic acids is 1. The summed E-state index contributed by atoms with van der Waals surface area (Å²) in [5.74, 6) is -2.00. The smallest absolute Gasteiger partial charge is 0.416 e. The number of nitrogens with two attached hydrogens (primary N) is 1. The maximum absolute atomic E-state index is 12.5. The highest BCUT2D eigenvalue weighted by Crippen LogP contribution is 2.33. The normalized spacial score (nSPS) is 17.0. The minimum Gasteiger partial charge on any atom is -0.480 e. The fourth-order valence-corrected chi connectivity index (χ4v) is 1.52. The summed E-state index contributed by atoms with van der Waals surface area (Å²) < 4.78 is 37.6. The minimum atomic E-state index is -4.45. The van der Waals surface area contributed by atoms with E-state index in [1.807, 2.05) is 0 Å². The van der Waals surface area contributed by atoms with Crippen LogP contribution in [-0.4, -0.2) is 16.6 Å². The van der Waals surface area contributed by atoms with Crippen LogP contribution in [0.2, 0.25) is 0 Å². The summed E-state index contributed by atoms with van der Waals surface area (Å²) in [7, 11) is 0. The Balaban J connectivity index is 3.16. The summed E-state index contributed by atoms with van der Waals surface area (Å²) in [4.78, 5) is 11.0. The number of alkyl halides is 3. The number of rotatable bonds is 3. The molecule has 0 aliphatic carbocycles. The SMILES string of the molecule is CC(c1cccc(C(F)(F)F)c1)C(C)(N)C(=O)O. The molecule has 0 aliphatic rings. The standard InChI is InChI=1S/C12H14F3NO2/c1-7(11(2,16)10(17)18)8-4-3-5-9(6-8)12(13,14)15/h3-7H,16H2,1-2H3,(H,17,18). The lowest BCUT2D eigenvalue weighted by Gasteiger charge is -2.27. The first-order chi connectivity index (χ1) is 8.06. The zero-order valence-corrected chi connectivity index (χ0v) is 9.95. The summed E-state index contributed by atoms with van der Waals surface area (Å²) in [6.45, 7) is 2.77. The van der Waals surface area contributed by atoms with E-state index in [4.69, 9.17) is 10.8 Å². The molecule has 0 saturated heterocycles. The molecule has 0 heterocycles. The quantitative estimate of drug-likeness (QED) is 0.879. The van der Waals surface area contributed by atoms with E-state index < -0.39 is 29.2 Å². The number of halogens is 3. The van der Waals surface area contributed by atoms with Crippen molar-refractivity contribution in [1.29, 1.82) is 0 Å². The van der Waals surface area contributed by atoms with Gasteiger partial charge in [0.05, 0.1) is 5.56 Å². The molecule has 1 aromatic carbocycles. The predicted molar refractivity (Wildman–Crippen MR) is 60.1 cm³/mol. The van der Waals surface area contributed by atoms with Crippen molar-refractivity contribution in [2.45, 2.75) is 31.5 Å². The Bertz CT molecular complexity index is 455. The topological polar surface area (TPSA) is 63.3 Å². The first kappa shape index (κ1) is 14.5. The van der Waals surface area contributed by atoms with Crippen LogP contribution in [0, 0.1) is 0 Å². The van der Waals surface area contributed by atoms with Crippen molar-refractivity contribution in [3.05, 3.63) is 35.4 Å². The second-order valence-corrected chi connectivity index (χ2v) is 4.43. The zero-order valence-electron chi connectivity index (χ0n) is 9.95. The molecule has 3 nitrogen and oxygen atoms in total. The molecule has 0 amide bonds. The number of carbonyl (C=O) groups is 1. The van der Waals surface area contributed by atoms with E-state index in [1.54, 1.807) is 0 Å². The monoisotopic (exact) mass is 261 g/mol. The first-order valence-electron chi connectivity index (χ1n) is 5.26. The van der Waals surface area contributed by atoms with Gasteiger partial charge >= 0.3 is 12.1 Å². The van der Waals surface area contributed by atoms with Crippen LogP contribution < -0.4 is 5.73 Å². The Kier molecular flexibility index (Phi) is 3.71. The van der Waals surface area contributed by atoms with Gasteiger partial charge in [0.2, 0.25) is 0 Å². The molecule has 0 aromatic heterocycles. The number of hydrogen-bond acceptors (Lipinski definition) is 2. The third-order valence-electron chi connectivity index (χ3n) is 3.07. The summed E-state index contributed by atoms with van der Waals surface area (Å²) in [5, 5.41) is 8.95. The van der Waals surface area contributed by atoms with Gasteiger partial charge in [0.1, 0.15) is 5.54 Å². The van der Waals surface area contributed by atoms with Crippen molar-refractivity contribution < 1.29 is 23.1 Å². The van der Waals surface area contributed by atoms with Crippen molar-refractivity contribution in [3.8, 4) is 0 Å². The molecule has 6 heteroatoms. The summed E-state index contributed by atoms with van der Waals surface area (Å²) >= 11 is 0. The van der Waals surface area contributed by atoms with Crippen molar-refractivity contribution in [2.75, 3.05) is 0 Å². The van der Waals surface area contributed by atoms with Gasteiger partial charge in [-0.05, 0) is 18.6 Å². The van der Waals surface area contributed by atoms with Crippen LogP contribution in [0.3, 0.4) is 0 Å². The highest BCUT2D eigenvalue weighted by Gasteiger charge is 2.37. The fourth-order valence-electron chi connectivity index (χ4n) is 1.52. The lowest BCUT2D eigenvalue weighted by Crippen LogP contribution is -2.49. The zero-order chi connectivity index (χ0) is 14.1. The summed E-state index contributed by atoms with van der Waals surface area (Å²) in [6, 6.07) is 4.55. The third-order valence-corrected chi connectivity index (χ3v) is 3.07. The van der Waals surface area contributed by atoms with Crippen LogP contribution in [-0.2, 0) is 11.0 Å². The molecular formula is C12H14F3NO2. The van der Waals surface area contributed by atoms with Gasteiger partial charge in [-0.3, -0.25) is 4.79 Å². The van der Waals surface area contributed by atoms with Gasteiger partial charge in [-0.15, -0.1) is 0 Å². The number of carboxylic acid groups (broad SMARTS) is 1. The molecule has 1 aromatic rings. The molecule has 2 unspecified atom stereocenters. The lowest BCUT2D eigenvalue weighted by molar-refractivity contribution is -0.143. The number of hydrogen-bond donors (Lipinski definition) is 2. The maximum Gasteiger partial charge on any atom is 0.416 e. The Morgan fingerprint density at radius 2 is 1.94 bits per heavy atom. The van der Waals surface area contributed by atoms with Gasteiger partial charge in [-0.25, -0.2) is 0 Å². The lowest BCUT2D eigenvalue weighted by atomic mass is 9.82. The Morgan fingerprint density at radius 3 is 2.39 bits per heavy atom. The molecule has 0 fully saturated rings. The Hall–Kier alpha value is -1.56. The van der Waals surface area contributed by atoms with Crippen LogP contribution in [0.5, 0.6) is 0 Å². The predicted octanol–water partition coefficient (Wildman–Crippen LogP) is 2.61. The highest BCUT2D eigenvalue weighted by atomic mass is 19.4. The van der Waals surface area contributed by atoms with Gasteiger partial charge in [0.25, 0.3) is 0 Å². The van der Waals surface area contributed by atoms with E-state index in [0.29, 0.717) is 0 Å². The number of aliphatic carboxylic acids is 1. The van der Waals surface area contributed by atoms with E-state index in [0.717, 1.165) is 12.1 Å². The first-order valence-corrected chi connectivity index (χ1v) is 5.26. The molecule has 0 bridgehead atoms. The molecule has 0 saturated carbocycles. The Labute approximate surface area is 102 Å². The van der Waals surface area contributed by atoms with Crippen LogP contribution in [0.4, 0.5) is 13.2 Å². The molecule has 0 aliphatic heterocycles. The van der Waals surface area contributed by atoms with Gasteiger partial charge in [0.15, 0.2) is 0 Å². The second-order valence-electron chi connectivity index (χ2n) is 4.43. The average molecular weight is 261 g/mol. The van der Waals surface area contributed by atoms with E-state index >= 15 is 0 Å². The van der Waals surface area contributed by atoms with Gasteiger partial charge < -0.3 is 10.8 Å². The van der Waals surface area contributed by atoms with Crippen molar-refractivity contribution in [2.24, 2.45) is 5.73 Å². The second kappa shape index (κ2) is 4.61. The molecule has 0 spiro atoms. The molecule has 2 atom stereocenters. The Morgan fingerprint density at radius 1 is 1.39 bits per heavy atom. The van der Waals surface area contributed by atoms with Crippen LogP contribution in [0.1, 0.15) is 30.9 Å². The van der Waals surface area contributed by atoms with Gasteiger partial charge in [-0.1, -0.05) is 25.1 Å². The molecule has 0 radical (unpaired) electrons.